The van der Waals surface area contributed by atoms with Gasteiger partial charge in [-0.25, -0.2) is 0 Å². The quantitative estimate of drug-likeness (QED) is 0.631. The summed E-state index contributed by atoms with van der Waals surface area (Å²) in [5.74, 6) is 0. The van der Waals surface area contributed by atoms with Gasteiger partial charge in [-0.1, -0.05) is 65.8 Å². The standard InChI is InChI=1S/C11H18N2.2C2H6/c1-10(2)6-7-11(3,13)5-4-9(12)8-10;2*1-2/h4-8H,12-13H2,1-3H3;2*1-2H3/b5-4-,7-6-,9-8+;;. The molecule has 0 aromatic carbocycles. The summed E-state index contributed by atoms with van der Waals surface area (Å²) in [6.45, 7) is 14.2. The molecule has 4 N–H and O–H groups in total. The van der Waals surface area contributed by atoms with Gasteiger partial charge < -0.3 is 11.5 Å². The maximum atomic E-state index is 5.97. The highest BCUT2D eigenvalue weighted by Crippen LogP contribution is 2.24. The Kier molecular flexibility index (Phi) is 8.77. The predicted molar refractivity (Wildman–Crippen MR) is 79.6 cm³/mol. The van der Waals surface area contributed by atoms with Crippen LogP contribution >= 0.6 is 0 Å². The highest BCUT2D eigenvalue weighted by Gasteiger charge is 2.17. The first-order chi connectivity index (χ1) is 7.81. The maximum Gasteiger partial charge on any atom is 0.0500 e. The highest BCUT2D eigenvalue weighted by molar-refractivity contribution is 5.30. The molecule has 0 saturated heterocycles. The van der Waals surface area contributed by atoms with Crippen molar-refractivity contribution in [1.82, 2.24) is 0 Å². The molecular formula is C15H30N2. The van der Waals surface area contributed by atoms with Crippen LogP contribution in [0.1, 0.15) is 48.5 Å². The summed E-state index contributed by atoms with van der Waals surface area (Å²) in [6.07, 6.45) is 9.89. The smallest absolute Gasteiger partial charge is 0.0500 e. The molecule has 1 unspecified atom stereocenters. The SMILES string of the molecule is CC.CC.CC1(N)/C=C\C(N)=C/C(C)(C)/C=C\1. The Morgan fingerprint density at radius 2 is 1.35 bits per heavy atom. The highest BCUT2D eigenvalue weighted by atomic mass is 14.7. The molecule has 0 bridgehead atoms. The Hall–Kier alpha value is -1.02. The van der Waals surface area contributed by atoms with Crippen LogP contribution in [-0.2, 0) is 0 Å². The summed E-state index contributed by atoms with van der Waals surface area (Å²) in [5, 5.41) is 0. The van der Waals surface area contributed by atoms with Gasteiger partial charge in [0, 0.05) is 16.7 Å². The number of hydrogen-bond donors (Lipinski definition) is 2. The minimum atomic E-state index is -0.393. The molecule has 0 amide bonds. The van der Waals surface area contributed by atoms with Crippen molar-refractivity contribution in [3.05, 3.63) is 36.1 Å². The van der Waals surface area contributed by atoms with Gasteiger partial charge in [0.2, 0.25) is 0 Å². The largest absolute Gasteiger partial charge is 0.399 e. The van der Waals surface area contributed by atoms with Crippen LogP contribution in [0.3, 0.4) is 0 Å². The molecule has 1 aliphatic rings. The second kappa shape index (κ2) is 8.13. The second-order valence-corrected chi connectivity index (χ2v) is 4.50. The molecule has 1 atom stereocenters. The molecule has 0 fully saturated rings. The lowest BCUT2D eigenvalue weighted by atomic mass is 9.87. The topological polar surface area (TPSA) is 52.0 Å². The molecule has 2 heteroatoms. The van der Waals surface area contributed by atoms with Crippen LogP contribution in [0.4, 0.5) is 0 Å². The maximum absolute atomic E-state index is 5.97. The fourth-order valence-corrected chi connectivity index (χ4v) is 1.25. The Balaban J connectivity index is 0. The summed E-state index contributed by atoms with van der Waals surface area (Å²) in [5.41, 5.74) is 12.1. The van der Waals surface area contributed by atoms with E-state index < -0.39 is 5.54 Å². The molecule has 0 spiro atoms. The Morgan fingerprint density at radius 1 is 0.882 bits per heavy atom. The molecule has 1 rings (SSSR count). The average molecular weight is 238 g/mol. The van der Waals surface area contributed by atoms with Crippen LogP contribution in [0.15, 0.2) is 36.1 Å². The van der Waals surface area contributed by atoms with Crippen LogP contribution in [0.2, 0.25) is 0 Å². The second-order valence-electron chi connectivity index (χ2n) is 4.50. The van der Waals surface area contributed by atoms with Gasteiger partial charge in [0.15, 0.2) is 0 Å². The molecule has 0 aromatic rings. The molecule has 17 heavy (non-hydrogen) atoms. The Labute approximate surface area is 107 Å². The molecule has 2 nitrogen and oxygen atoms in total. The van der Waals surface area contributed by atoms with E-state index in [4.69, 9.17) is 11.5 Å². The van der Waals surface area contributed by atoms with Crippen molar-refractivity contribution >= 4 is 0 Å². The third-order valence-electron chi connectivity index (χ3n) is 2.05. The lowest BCUT2D eigenvalue weighted by Gasteiger charge is -2.23. The summed E-state index contributed by atoms with van der Waals surface area (Å²) < 4.78 is 0. The molecule has 0 aromatic heterocycles. The average Bonchev–Trinajstić information content (AvgIpc) is 2.29. The van der Waals surface area contributed by atoms with Crippen molar-refractivity contribution in [2.75, 3.05) is 0 Å². The van der Waals surface area contributed by atoms with Gasteiger partial charge in [-0.3, -0.25) is 0 Å². The van der Waals surface area contributed by atoms with Crippen LogP contribution in [0, 0.1) is 5.41 Å². The zero-order valence-corrected chi connectivity index (χ0v) is 12.5. The first-order valence-electron chi connectivity index (χ1n) is 6.48. The normalized spacial score (nSPS) is 32.1. The van der Waals surface area contributed by atoms with Gasteiger partial charge in [0.25, 0.3) is 0 Å². The van der Waals surface area contributed by atoms with Crippen LogP contribution < -0.4 is 11.5 Å². The van der Waals surface area contributed by atoms with Crippen LogP contribution in [0.25, 0.3) is 0 Å². The van der Waals surface area contributed by atoms with Crippen LogP contribution in [0.5, 0.6) is 0 Å². The van der Waals surface area contributed by atoms with Crippen molar-refractivity contribution in [1.29, 1.82) is 0 Å². The van der Waals surface area contributed by atoms with Crippen molar-refractivity contribution in [2.24, 2.45) is 16.9 Å². The first-order valence-corrected chi connectivity index (χ1v) is 6.48. The molecule has 0 aliphatic heterocycles. The molecule has 0 saturated carbocycles. The number of allylic oxidation sites excluding steroid dienone is 3. The van der Waals surface area contributed by atoms with E-state index in [9.17, 15) is 0 Å². The van der Waals surface area contributed by atoms with Gasteiger partial charge in [0.1, 0.15) is 0 Å². The van der Waals surface area contributed by atoms with E-state index in [1.165, 1.54) is 0 Å². The zero-order chi connectivity index (χ0) is 14.1. The third-order valence-corrected chi connectivity index (χ3v) is 2.05. The summed E-state index contributed by atoms with van der Waals surface area (Å²) in [6, 6.07) is 0. The van der Waals surface area contributed by atoms with Crippen molar-refractivity contribution in [2.45, 2.75) is 54.0 Å². The first kappa shape index (κ1) is 18.3. The van der Waals surface area contributed by atoms with E-state index in [-0.39, 0.29) is 5.41 Å². The van der Waals surface area contributed by atoms with Gasteiger partial charge in [-0.2, -0.15) is 0 Å². The fourth-order valence-electron chi connectivity index (χ4n) is 1.25. The minimum Gasteiger partial charge on any atom is -0.399 e. The third kappa shape index (κ3) is 8.75. The van der Waals surface area contributed by atoms with E-state index in [1.54, 1.807) is 0 Å². The van der Waals surface area contributed by atoms with Crippen molar-refractivity contribution < 1.29 is 0 Å². The number of hydrogen-bond acceptors (Lipinski definition) is 2. The lowest BCUT2D eigenvalue weighted by Crippen LogP contribution is -2.32. The summed E-state index contributed by atoms with van der Waals surface area (Å²) >= 11 is 0. The van der Waals surface area contributed by atoms with Gasteiger partial charge >= 0.3 is 0 Å². The Bertz CT molecular complexity index is 281. The van der Waals surface area contributed by atoms with Crippen molar-refractivity contribution in [3.63, 3.8) is 0 Å². The Morgan fingerprint density at radius 3 is 1.82 bits per heavy atom. The van der Waals surface area contributed by atoms with E-state index in [1.807, 2.05) is 58.9 Å². The van der Waals surface area contributed by atoms with Gasteiger partial charge in [-0.05, 0) is 13.0 Å². The van der Waals surface area contributed by atoms with Gasteiger partial charge in [-0.15, -0.1) is 0 Å². The number of nitrogens with two attached hydrogens (primary N) is 2. The predicted octanol–water partition coefficient (Wildman–Crippen LogP) is 3.75. The molecule has 1 aliphatic carbocycles. The minimum absolute atomic E-state index is 0.0184. The lowest BCUT2D eigenvalue weighted by molar-refractivity contribution is 0.603. The van der Waals surface area contributed by atoms with Crippen LogP contribution in [-0.4, -0.2) is 5.54 Å². The molecular weight excluding hydrogens is 208 g/mol. The molecule has 0 radical (unpaired) electrons. The van der Waals surface area contributed by atoms with E-state index in [0.717, 1.165) is 5.70 Å². The van der Waals surface area contributed by atoms with E-state index in [0.29, 0.717) is 0 Å². The zero-order valence-electron chi connectivity index (χ0n) is 12.5. The van der Waals surface area contributed by atoms with E-state index in [2.05, 4.69) is 19.9 Å². The number of rotatable bonds is 0. The van der Waals surface area contributed by atoms with E-state index >= 15 is 0 Å². The monoisotopic (exact) mass is 238 g/mol. The summed E-state index contributed by atoms with van der Waals surface area (Å²) in [4.78, 5) is 0. The van der Waals surface area contributed by atoms with Crippen molar-refractivity contribution in [3.8, 4) is 0 Å². The molecule has 100 valence electrons. The molecule has 0 heterocycles. The fraction of sp³-hybridized carbons (Fsp3) is 0.600. The van der Waals surface area contributed by atoms with Gasteiger partial charge in [0.05, 0.1) is 0 Å². The summed E-state index contributed by atoms with van der Waals surface area (Å²) in [7, 11) is 0.